The highest BCUT2D eigenvalue weighted by atomic mass is 79.9. The van der Waals surface area contributed by atoms with Gasteiger partial charge in [-0.15, -0.1) is 0 Å². The molecule has 0 spiro atoms. The zero-order valence-electron chi connectivity index (χ0n) is 10.1. The molecule has 1 nitrogen and oxygen atoms in total. The molecule has 2 saturated carbocycles. The largest absolute Gasteiger partial charge is 0.414 e. The van der Waals surface area contributed by atoms with E-state index in [1.54, 1.807) is 0 Å². The SMILES string of the molecule is FC(F)(Br)OC1CCCC(C2CCCCC2)C1. The standard InChI is InChI=1S/C13H21BrF2O/c14-13(15,16)17-12-8-4-7-11(9-12)10-5-2-1-3-6-10/h10-12H,1-9H2. The molecule has 0 radical (unpaired) electrons. The molecule has 0 saturated heterocycles. The van der Waals surface area contributed by atoms with Gasteiger partial charge in [-0.05, 0) is 31.1 Å². The van der Waals surface area contributed by atoms with E-state index in [-0.39, 0.29) is 6.10 Å². The second-order valence-electron chi connectivity index (χ2n) is 5.51. The van der Waals surface area contributed by atoms with Crippen LogP contribution >= 0.6 is 15.9 Å². The first kappa shape index (κ1) is 13.7. The summed E-state index contributed by atoms with van der Waals surface area (Å²) in [6.07, 6.45) is 10.2. The van der Waals surface area contributed by atoms with Gasteiger partial charge in [0.15, 0.2) is 0 Å². The van der Waals surface area contributed by atoms with Crippen molar-refractivity contribution >= 4 is 15.9 Å². The average molecular weight is 311 g/mol. The summed E-state index contributed by atoms with van der Waals surface area (Å²) in [5.41, 5.74) is 0. The quantitative estimate of drug-likeness (QED) is 0.660. The van der Waals surface area contributed by atoms with Crippen LogP contribution in [0.15, 0.2) is 0 Å². The van der Waals surface area contributed by atoms with Crippen molar-refractivity contribution in [3.63, 3.8) is 0 Å². The van der Waals surface area contributed by atoms with Gasteiger partial charge in [-0.25, -0.2) is 0 Å². The van der Waals surface area contributed by atoms with E-state index in [1.165, 1.54) is 38.5 Å². The van der Waals surface area contributed by atoms with Gasteiger partial charge in [0.1, 0.15) is 0 Å². The van der Waals surface area contributed by atoms with Gasteiger partial charge in [-0.2, -0.15) is 8.78 Å². The fraction of sp³-hybridized carbons (Fsp3) is 1.00. The highest BCUT2D eigenvalue weighted by Gasteiger charge is 2.35. The summed E-state index contributed by atoms with van der Waals surface area (Å²) in [6, 6.07) is 0. The minimum Gasteiger partial charge on any atom is -0.308 e. The zero-order chi connectivity index (χ0) is 12.3. The molecule has 2 unspecified atom stereocenters. The van der Waals surface area contributed by atoms with Crippen molar-refractivity contribution in [2.75, 3.05) is 0 Å². The van der Waals surface area contributed by atoms with E-state index in [1.807, 2.05) is 0 Å². The van der Waals surface area contributed by atoms with Crippen LogP contribution in [0.5, 0.6) is 0 Å². The Kier molecular flexibility index (Phi) is 4.81. The van der Waals surface area contributed by atoms with Crippen LogP contribution in [-0.4, -0.2) is 11.1 Å². The predicted octanol–water partition coefficient (Wildman–Crippen LogP) is 5.09. The second-order valence-corrected chi connectivity index (χ2v) is 6.43. The summed E-state index contributed by atoms with van der Waals surface area (Å²) in [5, 5.41) is -3.15. The molecule has 17 heavy (non-hydrogen) atoms. The highest BCUT2D eigenvalue weighted by molar-refractivity contribution is 9.09. The van der Waals surface area contributed by atoms with E-state index < -0.39 is 5.02 Å². The molecule has 2 aliphatic rings. The maximum Gasteiger partial charge on any atom is 0.414 e. The Morgan fingerprint density at radius 2 is 1.53 bits per heavy atom. The molecule has 2 fully saturated rings. The van der Waals surface area contributed by atoms with Crippen LogP contribution in [0, 0.1) is 11.8 Å². The summed E-state index contributed by atoms with van der Waals surface area (Å²) < 4.78 is 30.3. The summed E-state index contributed by atoms with van der Waals surface area (Å²) in [4.78, 5) is 0. The number of hydrogen-bond acceptors (Lipinski definition) is 1. The Bertz CT molecular complexity index is 236. The molecule has 2 atom stereocenters. The monoisotopic (exact) mass is 310 g/mol. The van der Waals surface area contributed by atoms with Crippen LogP contribution in [0.2, 0.25) is 0 Å². The second kappa shape index (κ2) is 5.96. The van der Waals surface area contributed by atoms with E-state index in [9.17, 15) is 8.78 Å². The van der Waals surface area contributed by atoms with Crippen molar-refractivity contribution in [3.8, 4) is 0 Å². The topological polar surface area (TPSA) is 9.23 Å². The first-order valence-electron chi connectivity index (χ1n) is 6.79. The number of rotatable bonds is 3. The predicted molar refractivity (Wildman–Crippen MR) is 67.3 cm³/mol. The minimum absolute atomic E-state index is 0.259. The van der Waals surface area contributed by atoms with Gasteiger partial charge in [-0.1, -0.05) is 38.5 Å². The third-order valence-electron chi connectivity index (χ3n) is 4.28. The molecule has 4 heteroatoms. The lowest BCUT2D eigenvalue weighted by Crippen LogP contribution is -2.31. The van der Waals surface area contributed by atoms with Gasteiger partial charge in [0.25, 0.3) is 0 Å². The molecule has 2 aliphatic carbocycles. The summed E-state index contributed by atoms with van der Waals surface area (Å²) >= 11 is 2.27. The minimum atomic E-state index is -3.15. The molecule has 0 aromatic rings. The van der Waals surface area contributed by atoms with Crippen LogP contribution in [0.1, 0.15) is 57.8 Å². The van der Waals surface area contributed by atoms with Crippen molar-refractivity contribution in [1.29, 1.82) is 0 Å². The molecule has 0 aliphatic heterocycles. The molecule has 100 valence electrons. The van der Waals surface area contributed by atoms with Crippen LogP contribution in [0.25, 0.3) is 0 Å². The first-order chi connectivity index (χ1) is 8.04. The third-order valence-corrected chi connectivity index (χ3v) is 4.47. The summed E-state index contributed by atoms with van der Waals surface area (Å²) in [6.45, 7) is 0. The molecule has 2 rings (SSSR count). The van der Waals surface area contributed by atoms with Crippen molar-refractivity contribution < 1.29 is 13.5 Å². The lowest BCUT2D eigenvalue weighted by atomic mass is 9.73. The fourth-order valence-electron chi connectivity index (χ4n) is 3.51. The van der Waals surface area contributed by atoms with E-state index in [0.29, 0.717) is 5.92 Å². The van der Waals surface area contributed by atoms with Crippen LogP contribution in [0.3, 0.4) is 0 Å². The molecule has 0 aromatic carbocycles. The van der Waals surface area contributed by atoms with Gasteiger partial charge >= 0.3 is 5.02 Å². The van der Waals surface area contributed by atoms with Crippen LogP contribution < -0.4 is 0 Å². The van der Waals surface area contributed by atoms with Gasteiger partial charge in [0, 0.05) is 15.9 Å². The van der Waals surface area contributed by atoms with Crippen molar-refractivity contribution in [1.82, 2.24) is 0 Å². The Labute approximate surface area is 110 Å². The number of alkyl halides is 3. The highest BCUT2D eigenvalue weighted by Crippen LogP contribution is 2.40. The summed E-state index contributed by atoms with van der Waals surface area (Å²) in [7, 11) is 0. The Balaban J connectivity index is 1.83. The van der Waals surface area contributed by atoms with E-state index >= 15 is 0 Å². The Morgan fingerprint density at radius 1 is 0.882 bits per heavy atom. The maximum absolute atomic E-state index is 12.8. The fourth-order valence-corrected chi connectivity index (χ4v) is 3.78. The molecule has 0 amide bonds. The maximum atomic E-state index is 12.8. The smallest absolute Gasteiger partial charge is 0.308 e. The van der Waals surface area contributed by atoms with E-state index in [2.05, 4.69) is 15.9 Å². The van der Waals surface area contributed by atoms with Crippen molar-refractivity contribution in [3.05, 3.63) is 0 Å². The number of halogens is 3. The van der Waals surface area contributed by atoms with Crippen molar-refractivity contribution in [2.24, 2.45) is 11.8 Å². The molecule has 0 aromatic heterocycles. The third kappa shape index (κ3) is 4.47. The molecule has 0 bridgehead atoms. The van der Waals surface area contributed by atoms with Crippen molar-refractivity contribution in [2.45, 2.75) is 68.9 Å². The molecule has 0 heterocycles. The zero-order valence-corrected chi connectivity index (χ0v) is 11.7. The normalized spacial score (nSPS) is 32.6. The van der Waals surface area contributed by atoms with Gasteiger partial charge in [-0.3, -0.25) is 0 Å². The van der Waals surface area contributed by atoms with Gasteiger partial charge in [0.2, 0.25) is 0 Å². The van der Waals surface area contributed by atoms with Gasteiger partial charge in [0.05, 0.1) is 6.10 Å². The average Bonchev–Trinajstić information content (AvgIpc) is 2.28. The lowest BCUT2D eigenvalue weighted by molar-refractivity contribution is -0.198. The number of ether oxygens (including phenoxy) is 1. The Hall–Kier alpha value is 0.300. The summed E-state index contributed by atoms with van der Waals surface area (Å²) in [5.74, 6) is 1.38. The van der Waals surface area contributed by atoms with E-state index in [4.69, 9.17) is 4.74 Å². The lowest BCUT2D eigenvalue weighted by Gasteiger charge is -2.36. The molecular formula is C13H21BrF2O. The Morgan fingerprint density at radius 3 is 2.18 bits per heavy atom. The number of hydrogen-bond donors (Lipinski definition) is 0. The van der Waals surface area contributed by atoms with Crippen LogP contribution in [0.4, 0.5) is 8.78 Å². The van der Waals surface area contributed by atoms with Crippen LogP contribution in [-0.2, 0) is 4.74 Å². The molecule has 0 N–H and O–H groups in total. The van der Waals surface area contributed by atoms with Gasteiger partial charge < -0.3 is 4.74 Å². The molecular weight excluding hydrogens is 290 g/mol. The first-order valence-corrected chi connectivity index (χ1v) is 7.58. The van der Waals surface area contributed by atoms with E-state index in [0.717, 1.165) is 25.2 Å².